The maximum absolute atomic E-state index is 3.55. The Kier molecular flexibility index (Phi) is 6.68. The largest absolute Gasteiger partial charge is 0.316 e. The molecule has 118 valence electrons. The first-order valence-electron chi connectivity index (χ1n) is 8.39. The average Bonchev–Trinajstić information content (AvgIpc) is 2.50. The number of benzene rings is 1. The summed E-state index contributed by atoms with van der Waals surface area (Å²) in [6.45, 7) is 11.5. The summed E-state index contributed by atoms with van der Waals surface area (Å²) in [5.74, 6) is 0.700. The molecule has 0 aliphatic carbocycles. The molecule has 2 unspecified atom stereocenters. The lowest BCUT2D eigenvalue weighted by molar-refractivity contribution is 0.0771. The normalized spacial score (nSPS) is 22.3. The van der Waals surface area contributed by atoms with Gasteiger partial charge in [-0.25, -0.2) is 0 Å². The van der Waals surface area contributed by atoms with Gasteiger partial charge in [0, 0.05) is 32.2 Å². The minimum absolute atomic E-state index is 0.540. The second-order valence-electron chi connectivity index (χ2n) is 6.49. The van der Waals surface area contributed by atoms with Gasteiger partial charge in [0.1, 0.15) is 0 Å². The monoisotopic (exact) mass is 289 g/mol. The first-order chi connectivity index (χ1) is 10.2. The zero-order valence-electron chi connectivity index (χ0n) is 13.9. The van der Waals surface area contributed by atoms with Gasteiger partial charge in [0.15, 0.2) is 0 Å². The third kappa shape index (κ3) is 5.10. The molecule has 0 bridgehead atoms. The van der Waals surface area contributed by atoms with E-state index in [2.05, 4.69) is 66.3 Å². The molecule has 0 amide bonds. The molecule has 1 aliphatic rings. The third-order valence-electron chi connectivity index (χ3n) is 4.34. The zero-order chi connectivity index (χ0) is 15.1. The molecule has 1 saturated heterocycles. The van der Waals surface area contributed by atoms with Crippen molar-refractivity contribution in [2.75, 3.05) is 46.3 Å². The van der Waals surface area contributed by atoms with E-state index in [1.165, 1.54) is 31.6 Å². The first-order valence-corrected chi connectivity index (χ1v) is 8.39. The number of nitrogens with zero attached hydrogens (tertiary/aromatic N) is 2. The van der Waals surface area contributed by atoms with E-state index in [-0.39, 0.29) is 0 Å². The van der Waals surface area contributed by atoms with Crippen LogP contribution < -0.4 is 5.32 Å². The highest BCUT2D eigenvalue weighted by Gasteiger charge is 2.27. The molecule has 0 spiro atoms. The van der Waals surface area contributed by atoms with Crippen LogP contribution in [0.25, 0.3) is 0 Å². The number of hydrogen-bond donors (Lipinski definition) is 1. The van der Waals surface area contributed by atoms with Crippen LogP contribution in [0.2, 0.25) is 0 Å². The van der Waals surface area contributed by atoms with Gasteiger partial charge >= 0.3 is 0 Å². The Hall–Kier alpha value is -0.900. The van der Waals surface area contributed by atoms with Crippen molar-refractivity contribution >= 4 is 0 Å². The van der Waals surface area contributed by atoms with Crippen LogP contribution in [-0.2, 0) is 0 Å². The van der Waals surface area contributed by atoms with E-state index in [1.54, 1.807) is 0 Å². The van der Waals surface area contributed by atoms with Gasteiger partial charge in [0.25, 0.3) is 0 Å². The molecule has 1 heterocycles. The molecule has 1 aromatic carbocycles. The molecule has 1 aliphatic heterocycles. The molecule has 3 heteroatoms. The standard InChI is InChI=1S/C18H31N3/c1-4-10-19-13-16(2)14-21-12-11-20(3)15-18(21)17-8-6-5-7-9-17/h5-9,16,18-19H,4,10-15H2,1-3H3. The number of likely N-dealkylation sites (N-methyl/N-ethyl adjacent to an activating group) is 1. The molecule has 21 heavy (non-hydrogen) atoms. The fraction of sp³-hybridized carbons (Fsp3) is 0.667. The summed E-state index contributed by atoms with van der Waals surface area (Å²) in [6.07, 6.45) is 1.22. The molecule has 1 fully saturated rings. The van der Waals surface area contributed by atoms with Crippen LogP contribution in [0.5, 0.6) is 0 Å². The minimum atomic E-state index is 0.540. The van der Waals surface area contributed by atoms with Crippen molar-refractivity contribution in [2.45, 2.75) is 26.3 Å². The van der Waals surface area contributed by atoms with Crippen LogP contribution in [0.4, 0.5) is 0 Å². The van der Waals surface area contributed by atoms with Crippen molar-refractivity contribution in [1.82, 2.24) is 15.1 Å². The summed E-state index contributed by atoms with van der Waals surface area (Å²) in [5.41, 5.74) is 1.46. The second kappa shape index (κ2) is 8.52. The SMILES string of the molecule is CCCNCC(C)CN1CCN(C)CC1c1ccccc1. The summed E-state index contributed by atoms with van der Waals surface area (Å²) in [5, 5.41) is 3.55. The molecule has 2 atom stereocenters. The molecule has 0 aromatic heterocycles. The molecular formula is C18H31N3. The van der Waals surface area contributed by atoms with E-state index in [0.717, 1.165) is 19.6 Å². The Morgan fingerprint density at radius 3 is 2.71 bits per heavy atom. The Balaban J connectivity index is 1.95. The lowest BCUT2D eigenvalue weighted by Gasteiger charge is -2.41. The number of piperazine rings is 1. The van der Waals surface area contributed by atoms with Crippen molar-refractivity contribution in [2.24, 2.45) is 5.92 Å². The van der Waals surface area contributed by atoms with E-state index < -0.39 is 0 Å². The van der Waals surface area contributed by atoms with E-state index in [9.17, 15) is 0 Å². The van der Waals surface area contributed by atoms with Crippen LogP contribution in [0.3, 0.4) is 0 Å². The van der Waals surface area contributed by atoms with E-state index in [4.69, 9.17) is 0 Å². The average molecular weight is 289 g/mol. The molecule has 1 N–H and O–H groups in total. The topological polar surface area (TPSA) is 18.5 Å². The molecular weight excluding hydrogens is 258 g/mol. The fourth-order valence-electron chi connectivity index (χ4n) is 3.16. The summed E-state index contributed by atoms with van der Waals surface area (Å²) in [4.78, 5) is 5.13. The predicted octanol–water partition coefficient (Wildman–Crippen LogP) is 2.61. The molecule has 3 nitrogen and oxygen atoms in total. The summed E-state index contributed by atoms with van der Waals surface area (Å²) in [7, 11) is 2.24. The first kappa shape index (κ1) is 16.5. The van der Waals surface area contributed by atoms with Gasteiger partial charge in [-0.1, -0.05) is 44.2 Å². The Morgan fingerprint density at radius 1 is 1.24 bits per heavy atom. The Labute approximate surface area is 130 Å². The van der Waals surface area contributed by atoms with Crippen molar-refractivity contribution in [3.05, 3.63) is 35.9 Å². The van der Waals surface area contributed by atoms with E-state index in [0.29, 0.717) is 12.0 Å². The highest BCUT2D eigenvalue weighted by Crippen LogP contribution is 2.25. The lowest BCUT2D eigenvalue weighted by atomic mass is 10.0. The van der Waals surface area contributed by atoms with Crippen LogP contribution in [0, 0.1) is 5.92 Å². The van der Waals surface area contributed by atoms with Gasteiger partial charge < -0.3 is 10.2 Å². The van der Waals surface area contributed by atoms with Gasteiger partial charge in [-0.3, -0.25) is 4.90 Å². The Bertz CT molecular complexity index is 393. The predicted molar refractivity (Wildman–Crippen MR) is 90.6 cm³/mol. The van der Waals surface area contributed by atoms with Crippen LogP contribution in [0.15, 0.2) is 30.3 Å². The quantitative estimate of drug-likeness (QED) is 0.779. The van der Waals surface area contributed by atoms with Crippen LogP contribution in [-0.4, -0.2) is 56.1 Å². The number of rotatable bonds is 7. The van der Waals surface area contributed by atoms with Gasteiger partial charge in [0.2, 0.25) is 0 Å². The highest BCUT2D eigenvalue weighted by atomic mass is 15.3. The third-order valence-corrected chi connectivity index (χ3v) is 4.34. The fourth-order valence-corrected chi connectivity index (χ4v) is 3.16. The van der Waals surface area contributed by atoms with Gasteiger partial charge in [-0.15, -0.1) is 0 Å². The highest BCUT2D eigenvalue weighted by molar-refractivity contribution is 5.20. The number of nitrogens with one attached hydrogen (secondary N) is 1. The zero-order valence-corrected chi connectivity index (χ0v) is 13.9. The van der Waals surface area contributed by atoms with E-state index in [1.807, 2.05) is 0 Å². The maximum atomic E-state index is 3.55. The van der Waals surface area contributed by atoms with Gasteiger partial charge in [0.05, 0.1) is 0 Å². The van der Waals surface area contributed by atoms with Crippen LogP contribution in [0.1, 0.15) is 31.9 Å². The second-order valence-corrected chi connectivity index (χ2v) is 6.49. The molecule has 0 saturated carbocycles. The number of hydrogen-bond acceptors (Lipinski definition) is 3. The molecule has 0 radical (unpaired) electrons. The summed E-state index contributed by atoms with van der Waals surface area (Å²) in [6, 6.07) is 11.5. The van der Waals surface area contributed by atoms with E-state index >= 15 is 0 Å². The van der Waals surface area contributed by atoms with Crippen molar-refractivity contribution in [3.8, 4) is 0 Å². The minimum Gasteiger partial charge on any atom is -0.316 e. The summed E-state index contributed by atoms with van der Waals surface area (Å²) >= 11 is 0. The van der Waals surface area contributed by atoms with Crippen molar-refractivity contribution in [1.29, 1.82) is 0 Å². The van der Waals surface area contributed by atoms with Crippen molar-refractivity contribution < 1.29 is 0 Å². The van der Waals surface area contributed by atoms with Gasteiger partial charge in [-0.05, 0) is 38.0 Å². The lowest BCUT2D eigenvalue weighted by Crippen LogP contribution is -2.48. The van der Waals surface area contributed by atoms with Crippen LogP contribution >= 0.6 is 0 Å². The summed E-state index contributed by atoms with van der Waals surface area (Å²) < 4.78 is 0. The molecule has 1 aromatic rings. The smallest absolute Gasteiger partial charge is 0.0475 e. The van der Waals surface area contributed by atoms with Gasteiger partial charge in [-0.2, -0.15) is 0 Å². The maximum Gasteiger partial charge on any atom is 0.0475 e. The molecule has 2 rings (SSSR count). The Morgan fingerprint density at radius 2 is 2.00 bits per heavy atom. The van der Waals surface area contributed by atoms with Crippen molar-refractivity contribution in [3.63, 3.8) is 0 Å².